The molecule has 0 heterocycles. The van der Waals surface area contributed by atoms with Crippen molar-refractivity contribution in [1.29, 1.82) is 0 Å². The highest BCUT2D eigenvalue weighted by atomic mass is 16.4. The maximum atomic E-state index is 11.9. The van der Waals surface area contributed by atoms with Gasteiger partial charge in [0.15, 0.2) is 0 Å². The average molecular weight is 258 g/mol. The van der Waals surface area contributed by atoms with E-state index in [0.29, 0.717) is 6.42 Å². The Balaban J connectivity index is 4.31. The van der Waals surface area contributed by atoms with Gasteiger partial charge in [-0.15, -0.1) is 0 Å². The summed E-state index contributed by atoms with van der Waals surface area (Å²) in [7, 11) is 0. The number of hydrogen-bond acceptors (Lipinski definition) is 3. The maximum Gasteiger partial charge on any atom is 0.320 e. The number of carbonyl (C=O) groups excluding carboxylic acids is 1. The molecule has 0 fully saturated rings. The lowest BCUT2D eigenvalue weighted by molar-refractivity contribution is -0.140. The van der Waals surface area contributed by atoms with E-state index in [0.717, 1.165) is 19.3 Å². The fraction of sp³-hybridized carbons (Fsp3) is 0.846. The minimum atomic E-state index is -0.904. The summed E-state index contributed by atoms with van der Waals surface area (Å²) >= 11 is 0. The molecule has 5 heteroatoms. The van der Waals surface area contributed by atoms with E-state index in [4.69, 9.17) is 5.11 Å². The van der Waals surface area contributed by atoms with Crippen molar-refractivity contribution < 1.29 is 14.7 Å². The van der Waals surface area contributed by atoms with Crippen molar-refractivity contribution in [2.75, 3.05) is 0 Å². The molecule has 2 atom stereocenters. The van der Waals surface area contributed by atoms with Gasteiger partial charge in [-0.3, -0.25) is 14.9 Å². The van der Waals surface area contributed by atoms with Crippen molar-refractivity contribution in [3.8, 4) is 0 Å². The van der Waals surface area contributed by atoms with Crippen LogP contribution >= 0.6 is 0 Å². The molecule has 106 valence electrons. The molecule has 0 rings (SSSR count). The van der Waals surface area contributed by atoms with Crippen LogP contribution in [0.2, 0.25) is 0 Å². The number of amides is 1. The Morgan fingerprint density at radius 3 is 2.11 bits per heavy atom. The molecule has 0 aliphatic rings. The molecular weight excluding hydrogens is 232 g/mol. The minimum Gasteiger partial charge on any atom is -0.480 e. The van der Waals surface area contributed by atoms with Crippen molar-refractivity contribution in [2.45, 2.75) is 71.5 Å². The fourth-order valence-electron chi connectivity index (χ4n) is 1.76. The van der Waals surface area contributed by atoms with Crippen molar-refractivity contribution in [1.82, 2.24) is 10.6 Å². The molecule has 0 radical (unpaired) electrons. The van der Waals surface area contributed by atoms with Crippen LogP contribution in [0.5, 0.6) is 0 Å². The third kappa shape index (κ3) is 6.00. The molecule has 3 N–H and O–H groups in total. The van der Waals surface area contributed by atoms with Crippen LogP contribution < -0.4 is 10.6 Å². The summed E-state index contributed by atoms with van der Waals surface area (Å²) in [5.41, 5.74) is 0. The standard InChI is InChI=1S/C13H26N2O3/c1-5-8-11(13(17)18)14-9(4)12(16)15-10(6-2)7-3/h9-11,14H,5-8H2,1-4H3,(H,15,16)(H,17,18). The van der Waals surface area contributed by atoms with Gasteiger partial charge in [0.2, 0.25) is 5.91 Å². The number of carboxylic acids is 1. The van der Waals surface area contributed by atoms with E-state index in [1.54, 1.807) is 6.92 Å². The van der Waals surface area contributed by atoms with E-state index in [2.05, 4.69) is 10.6 Å². The van der Waals surface area contributed by atoms with Crippen LogP contribution in [0, 0.1) is 0 Å². The largest absolute Gasteiger partial charge is 0.480 e. The first kappa shape index (κ1) is 16.9. The third-order valence-corrected chi connectivity index (χ3v) is 3.05. The van der Waals surface area contributed by atoms with Crippen molar-refractivity contribution in [3.05, 3.63) is 0 Å². The summed E-state index contributed by atoms with van der Waals surface area (Å²) in [6.45, 7) is 7.66. The fourth-order valence-corrected chi connectivity index (χ4v) is 1.76. The molecule has 0 aromatic heterocycles. The molecular formula is C13H26N2O3. The summed E-state index contributed by atoms with van der Waals surface area (Å²) in [5, 5.41) is 14.8. The second-order valence-corrected chi connectivity index (χ2v) is 4.59. The monoisotopic (exact) mass is 258 g/mol. The molecule has 0 aromatic rings. The number of aliphatic carboxylic acids is 1. The third-order valence-electron chi connectivity index (χ3n) is 3.05. The van der Waals surface area contributed by atoms with Gasteiger partial charge in [0.25, 0.3) is 0 Å². The lowest BCUT2D eigenvalue weighted by Gasteiger charge is -2.22. The summed E-state index contributed by atoms with van der Waals surface area (Å²) in [6, 6.07) is -0.980. The molecule has 5 nitrogen and oxygen atoms in total. The smallest absolute Gasteiger partial charge is 0.320 e. The molecule has 0 spiro atoms. The van der Waals surface area contributed by atoms with Gasteiger partial charge >= 0.3 is 5.97 Å². The highest BCUT2D eigenvalue weighted by Gasteiger charge is 2.23. The van der Waals surface area contributed by atoms with Gasteiger partial charge < -0.3 is 10.4 Å². The minimum absolute atomic E-state index is 0.133. The predicted molar refractivity (Wildman–Crippen MR) is 71.4 cm³/mol. The first-order chi connectivity index (χ1) is 8.46. The second-order valence-electron chi connectivity index (χ2n) is 4.59. The van der Waals surface area contributed by atoms with Gasteiger partial charge in [0.05, 0.1) is 6.04 Å². The summed E-state index contributed by atoms with van der Waals surface area (Å²) in [5.74, 6) is -1.04. The van der Waals surface area contributed by atoms with Crippen LogP contribution in [-0.2, 0) is 9.59 Å². The van der Waals surface area contributed by atoms with Crippen LogP contribution in [0.4, 0.5) is 0 Å². The maximum absolute atomic E-state index is 11.9. The molecule has 0 aliphatic heterocycles. The molecule has 18 heavy (non-hydrogen) atoms. The lowest BCUT2D eigenvalue weighted by Crippen LogP contribution is -2.51. The zero-order chi connectivity index (χ0) is 14.1. The molecule has 0 saturated heterocycles. The SMILES string of the molecule is CCCC(NC(C)C(=O)NC(CC)CC)C(=O)O. The highest BCUT2D eigenvalue weighted by Crippen LogP contribution is 2.01. The topological polar surface area (TPSA) is 78.4 Å². The highest BCUT2D eigenvalue weighted by molar-refractivity contribution is 5.83. The molecule has 0 aromatic carbocycles. The van der Waals surface area contributed by atoms with Crippen LogP contribution in [0.25, 0.3) is 0 Å². The van der Waals surface area contributed by atoms with Gasteiger partial charge in [-0.1, -0.05) is 27.2 Å². The van der Waals surface area contributed by atoms with Crippen molar-refractivity contribution in [2.24, 2.45) is 0 Å². The van der Waals surface area contributed by atoms with E-state index in [-0.39, 0.29) is 11.9 Å². The van der Waals surface area contributed by atoms with E-state index in [9.17, 15) is 9.59 Å². The lowest BCUT2D eigenvalue weighted by atomic mass is 10.1. The average Bonchev–Trinajstić information content (AvgIpc) is 2.34. The van der Waals surface area contributed by atoms with Gasteiger partial charge in [-0.05, 0) is 26.2 Å². The second kappa shape index (κ2) is 8.91. The molecule has 0 saturated carbocycles. The molecule has 2 unspecified atom stereocenters. The Morgan fingerprint density at radius 1 is 1.17 bits per heavy atom. The first-order valence-electron chi connectivity index (χ1n) is 6.75. The Hall–Kier alpha value is -1.10. The number of hydrogen-bond donors (Lipinski definition) is 3. The molecule has 1 amide bonds. The number of nitrogens with one attached hydrogen (secondary N) is 2. The van der Waals surface area contributed by atoms with E-state index >= 15 is 0 Å². The van der Waals surface area contributed by atoms with Crippen LogP contribution in [0.3, 0.4) is 0 Å². The molecule has 0 bridgehead atoms. The summed E-state index contributed by atoms with van der Waals surface area (Å²) < 4.78 is 0. The molecule has 0 aliphatic carbocycles. The number of carbonyl (C=O) groups is 2. The zero-order valence-corrected chi connectivity index (χ0v) is 11.8. The first-order valence-corrected chi connectivity index (χ1v) is 6.75. The van der Waals surface area contributed by atoms with Crippen molar-refractivity contribution >= 4 is 11.9 Å². The predicted octanol–water partition coefficient (Wildman–Crippen LogP) is 1.52. The quantitative estimate of drug-likeness (QED) is 0.586. The normalized spacial score (nSPS) is 14.3. The Bertz CT molecular complexity index is 265. The van der Waals surface area contributed by atoms with E-state index in [1.165, 1.54) is 0 Å². The number of carboxylic acid groups (broad SMARTS) is 1. The number of rotatable bonds is 9. The van der Waals surface area contributed by atoms with Crippen LogP contribution in [-0.4, -0.2) is 35.1 Å². The van der Waals surface area contributed by atoms with Crippen LogP contribution in [0.1, 0.15) is 53.4 Å². The zero-order valence-electron chi connectivity index (χ0n) is 11.8. The van der Waals surface area contributed by atoms with Gasteiger partial charge in [0.1, 0.15) is 6.04 Å². The Morgan fingerprint density at radius 2 is 1.72 bits per heavy atom. The van der Waals surface area contributed by atoms with E-state index in [1.807, 2.05) is 20.8 Å². The van der Waals surface area contributed by atoms with Gasteiger partial charge in [-0.2, -0.15) is 0 Å². The van der Waals surface area contributed by atoms with Gasteiger partial charge in [-0.25, -0.2) is 0 Å². The summed E-state index contributed by atoms with van der Waals surface area (Å²) in [4.78, 5) is 22.9. The Labute approximate surface area is 109 Å². The van der Waals surface area contributed by atoms with Gasteiger partial charge in [0, 0.05) is 6.04 Å². The van der Waals surface area contributed by atoms with Crippen molar-refractivity contribution in [3.63, 3.8) is 0 Å². The Kier molecular flexibility index (Phi) is 8.37. The van der Waals surface area contributed by atoms with Crippen LogP contribution in [0.15, 0.2) is 0 Å². The van der Waals surface area contributed by atoms with E-state index < -0.39 is 18.1 Å². The summed E-state index contributed by atoms with van der Waals surface area (Å²) in [6.07, 6.45) is 3.06.